The van der Waals surface area contributed by atoms with E-state index in [4.69, 9.17) is 11.6 Å². The summed E-state index contributed by atoms with van der Waals surface area (Å²) in [6, 6.07) is 4.84. The van der Waals surface area contributed by atoms with E-state index in [0.717, 1.165) is 6.54 Å². The Hall–Kier alpha value is -1.26. The van der Waals surface area contributed by atoms with Crippen LogP contribution in [0.2, 0.25) is 5.02 Å². The molecule has 5 heteroatoms. The molecule has 1 aromatic rings. The van der Waals surface area contributed by atoms with E-state index < -0.39 is 0 Å². The van der Waals surface area contributed by atoms with Gasteiger partial charge in [0, 0.05) is 30.7 Å². The van der Waals surface area contributed by atoms with Crippen LogP contribution in [-0.4, -0.2) is 41.6 Å². The van der Waals surface area contributed by atoms with Crippen LogP contribution in [0.1, 0.15) is 17.3 Å². The summed E-state index contributed by atoms with van der Waals surface area (Å²) in [6.07, 6.45) is 0. The van der Waals surface area contributed by atoms with Gasteiger partial charge in [-0.2, -0.15) is 0 Å². The van der Waals surface area contributed by atoms with Gasteiger partial charge in [-0.05, 0) is 25.1 Å². The monoisotopic (exact) mass is 254 g/mol. The normalized spacial score (nSPS) is 20.4. The number of carbonyl (C=O) groups excluding carboxylic acids is 1. The molecule has 17 heavy (non-hydrogen) atoms. The van der Waals surface area contributed by atoms with Crippen LogP contribution in [-0.2, 0) is 0 Å². The van der Waals surface area contributed by atoms with Gasteiger partial charge in [-0.3, -0.25) is 4.79 Å². The first-order valence-electron chi connectivity index (χ1n) is 5.59. The maximum absolute atomic E-state index is 12.2. The Bertz CT molecular complexity index is 437. The molecule has 4 nitrogen and oxygen atoms in total. The number of phenolic OH excluding ortho intramolecular Hbond substituents is 1. The van der Waals surface area contributed by atoms with E-state index in [9.17, 15) is 9.90 Å². The Kier molecular flexibility index (Phi) is 3.54. The van der Waals surface area contributed by atoms with Crippen molar-refractivity contribution in [2.45, 2.75) is 13.0 Å². The first-order valence-corrected chi connectivity index (χ1v) is 5.97. The quantitative estimate of drug-likeness (QED) is 0.798. The highest BCUT2D eigenvalue weighted by Crippen LogP contribution is 2.23. The van der Waals surface area contributed by atoms with E-state index in [1.807, 2.05) is 6.92 Å². The van der Waals surface area contributed by atoms with E-state index in [2.05, 4.69) is 5.32 Å². The zero-order valence-corrected chi connectivity index (χ0v) is 10.4. The van der Waals surface area contributed by atoms with Crippen molar-refractivity contribution in [1.29, 1.82) is 0 Å². The van der Waals surface area contributed by atoms with Crippen molar-refractivity contribution >= 4 is 17.5 Å². The Morgan fingerprint density at radius 2 is 2.35 bits per heavy atom. The van der Waals surface area contributed by atoms with Crippen molar-refractivity contribution in [3.8, 4) is 5.75 Å². The van der Waals surface area contributed by atoms with Gasteiger partial charge in [-0.1, -0.05) is 11.6 Å². The number of phenols is 1. The summed E-state index contributed by atoms with van der Waals surface area (Å²) in [5, 5.41) is 13.4. The van der Waals surface area contributed by atoms with Crippen LogP contribution in [0.4, 0.5) is 0 Å². The molecule has 0 spiro atoms. The Labute approximate surface area is 105 Å². The maximum Gasteiger partial charge on any atom is 0.257 e. The number of nitrogens with one attached hydrogen (secondary N) is 1. The summed E-state index contributed by atoms with van der Waals surface area (Å²) in [4.78, 5) is 13.9. The lowest BCUT2D eigenvalue weighted by Crippen LogP contribution is -2.51. The van der Waals surface area contributed by atoms with Crippen molar-refractivity contribution in [2.24, 2.45) is 0 Å². The first-order chi connectivity index (χ1) is 8.08. The van der Waals surface area contributed by atoms with Crippen LogP contribution in [0.3, 0.4) is 0 Å². The predicted octanol–water partition coefficient (Wildman–Crippen LogP) is 1.48. The van der Waals surface area contributed by atoms with Gasteiger partial charge in [0.05, 0.1) is 5.56 Å². The molecule has 1 atom stereocenters. The van der Waals surface area contributed by atoms with Crippen molar-refractivity contribution in [1.82, 2.24) is 10.2 Å². The summed E-state index contributed by atoms with van der Waals surface area (Å²) in [5.41, 5.74) is 0.309. The van der Waals surface area contributed by atoms with E-state index in [1.165, 1.54) is 6.07 Å². The molecule has 1 amide bonds. The molecule has 1 saturated heterocycles. The third-order valence-electron chi connectivity index (χ3n) is 2.85. The fourth-order valence-corrected chi connectivity index (χ4v) is 2.14. The summed E-state index contributed by atoms with van der Waals surface area (Å²) in [7, 11) is 0. The van der Waals surface area contributed by atoms with E-state index in [1.54, 1.807) is 17.0 Å². The number of halogens is 1. The van der Waals surface area contributed by atoms with E-state index >= 15 is 0 Å². The van der Waals surface area contributed by atoms with Gasteiger partial charge in [-0.25, -0.2) is 0 Å². The van der Waals surface area contributed by atoms with Crippen molar-refractivity contribution < 1.29 is 9.90 Å². The fraction of sp³-hybridized carbons (Fsp3) is 0.417. The van der Waals surface area contributed by atoms with Crippen LogP contribution in [0, 0.1) is 0 Å². The molecule has 1 heterocycles. The standard InChI is InChI=1S/C12H15ClN2O2/c1-8-7-15(5-4-14-8)12(17)10-3-2-9(13)6-11(10)16/h2-3,6,8,14,16H,4-5,7H2,1H3/t8-/m1/s1. The first kappa shape index (κ1) is 12.2. The number of benzene rings is 1. The Morgan fingerprint density at radius 3 is 3.00 bits per heavy atom. The minimum atomic E-state index is -0.146. The lowest BCUT2D eigenvalue weighted by Gasteiger charge is -2.32. The Morgan fingerprint density at radius 1 is 1.59 bits per heavy atom. The zero-order chi connectivity index (χ0) is 12.4. The molecule has 0 saturated carbocycles. The lowest BCUT2D eigenvalue weighted by atomic mass is 10.1. The number of rotatable bonds is 1. The number of hydrogen-bond donors (Lipinski definition) is 2. The number of aromatic hydroxyl groups is 1. The van der Waals surface area contributed by atoms with Crippen molar-refractivity contribution in [2.75, 3.05) is 19.6 Å². The second kappa shape index (κ2) is 4.94. The van der Waals surface area contributed by atoms with Crippen LogP contribution >= 0.6 is 11.6 Å². The molecular weight excluding hydrogens is 240 g/mol. The van der Waals surface area contributed by atoms with E-state index in [0.29, 0.717) is 23.7 Å². The Balaban J connectivity index is 2.18. The minimum absolute atomic E-state index is 0.0614. The molecule has 1 aliphatic rings. The second-order valence-corrected chi connectivity index (χ2v) is 4.70. The number of nitrogens with zero attached hydrogens (tertiary/aromatic N) is 1. The topological polar surface area (TPSA) is 52.6 Å². The van der Waals surface area contributed by atoms with Crippen molar-refractivity contribution in [3.05, 3.63) is 28.8 Å². The molecule has 0 bridgehead atoms. The SMILES string of the molecule is C[C@@H]1CN(C(=O)c2ccc(Cl)cc2O)CCN1. The van der Waals surface area contributed by atoms with Crippen LogP contribution in [0.5, 0.6) is 5.75 Å². The van der Waals surface area contributed by atoms with Crippen molar-refractivity contribution in [3.63, 3.8) is 0 Å². The van der Waals surface area contributed by atoms with E-state index in [-0.39, 0.29) is 17.7 Å². The van der Waals surface area contributed by atoms with Gasteiger partial charge in [0.1, 0.15) is 5.75 Å². The van der Waals surface area contributed by atoms with Gasteiger partial charge < -0.3 is 15.3 Å². The molecule has 2 N–H and O–H groups in total. The van der Waals surface area contributed by atoms with Crippen LogP contribution in [0.25, 0.3) is 0 Å². The predicted molar refractivity (Wildman–Crippen MR) is 66.5 cm³/mol. The summed E-state index contributed by atoms with van der Waals surface area (Å²) < 4.78 is 0. The third kappa shape index (κ3) is 2.70. The molecule has 0 aromatic heterocycles. The fourth-order valence-electron chi connectivity index (χ4n) is 1.97. The molecule has 2 rings (SSSR count). The summed E-state index contributed by atoms with van der Waals surface area (Å²) in [5.74, 6) is -0.207. The molecule has 0 unspecified atom stereocenters. The van der Waals surface area contributed by atoms with Crippen LogP contribution < -0.4 is 5.32 Å². The zero-order valence-electron chi connectivity index (χ0n) is 9.61. The average molecular weight is 255 g/mol. The molecule has 1 fully saturated rings. The third-order valence-corrected chi connectivity index (χ3v) is 3.08. The minimum Gasteiger partial charge on any atom is -0.507 e. The lowest BCUT2D eigenvalue weighted by molar-refractivity contribution is 0.0706. The maximum atomic E-state index is 12.2. The van der Waals surface area contributed by atoms with Gasteiger partial charge in [0.2, 0.25) is 0 Å². The number of hydrogen-bond acceptors (Lipinski definition) is 3. The van der Waals surface area contributed by atoms with Gasteiger partial charge in [-0.15, -0.1) is 0 Å². The summed E-state index contributed by atoms with van der Waals surface area (Å²) >= 11 is 5.74. The smallest absolute Gasteiger partial charge is 0.257 e. The van der Waals surface area contributed by atoms with Gasteiger partial charge in [0.25, 0.3) is 5.91 Å². The van der Waals surface area contributed by atoms with Gasteiger partial charge in [0.15, 0.2) is 0 Å². The largest absolute Gasteiger partial charge is 0.507 e. The highest BCUT2D eigenvalue weighted by molar-refractivity contribution is 6.30. The molecule has 1 aromatic carbocycles. The van der Waals surface area contributed by atoms with Crippen LogP contribution in [0.15, 0.2) is 18.2 Å². The number of amides is 1. The number of piperazine rings is 1. The summed E-state index contributed by atoms with van der Waals surface area (Å²) in [6.45, 7) is 4.12. The number of carbonyl (C=O) groups is 1. The molecule has 0 aliphatic carbocycles. The molecular formula is C12H15ClN2O2. The molecule has 0 radical (unpaired) electrons. The molecule has 1 aliphatic heterocycles. The second-order valence-electron chi connectivity index (χ2n) is 4.27. The highest BCUT2D eigenvalue weighted by atomic mass is 35.5. The highest BCUT2D eigenvalue weighted by Gasteiger charge is 2.23. The molecule has 92 valence electrons. The van der Waals surface area contributed by atoms with Gasteiger partial charge >= 0.3 is 0 Å². The average Bonchev–Trinajstić information content (AvgIpc) is 2.28.